The highest BCUT2D eigenvalue weighted by Gasteiger charge is 2.17. The predicted molar refractivity (Wildman–Crippen MR) is 122 cm³/mol. The van der Waals surface area contributed by atoms with Crippen molar-refractivity contribution in [1.29, 1.82) is 0 Å². The van der Waals surface area contributed by atoms with Crippen LogP contribution in [0.15, 0.2) is 54.6 Å². The van der Waals surface area contributed by atoms with Gasteiger partial charge in [0.2, 0.25) is 0 Å². The highest BCUT2D eigenvalue weighted by atomic mass is 32.1. The number of anilines is 2. The molecule has 0 atom stereocenters. The lowest BCUT2D eigenvalue weighted by Crippen LogP contribution is -2.46. The molecule has 148 valence electrons. The maximum absolute atomic E-state index is 12.5. The largest absolute Gasteiger partial charge is 0.369 e. The Hall–Kier alpha value is -2.24. The van der Waals surface area contributed by atoms with Crippen LogP contribution in [0, 0.1) is 0 Å². The van der Waals surface area contributed by atoms with Gasteiger partial charge < -0.3 is 10.2 Å². The van der Waals surface area contributed by atoms with Crippen molar-refractivity contribution in [3.63, 3.8) is 0 Å². The van der Waals surface area contributed by atoms with E-state index in [4.69, 9.17) is 12.2 Å². The molecule has 0 aromatic heterocycles. The van der Waals surface area contributed by atoms with Crippen LogP contribution in [0.5, 0.6) is 0 Å². The smallest absolute Gasteiger partial charge is 0.162 e. The Balaban J connectivity index is 1.41. The van der Waals surface area contributed by atoms with Gasteiger partial charge in [-0.15, -0.1) is 0 Å². The van der Waals surface area contributed by atoms with E-state index in [1.807, 2.05) is 31.2 Å². The van der Waals surface area contributed by atoms with Crippen LogP contribution in [-0.4, -0.2) is 48.4 Å². The molecule has 2 aromatic carbocycles. The molecule has 3 rings (SSSR count). The van der Waals surface area contributed by atoms with Crippen LogP contribution in [0.3, 0.4) is 0 Å². The molecule has 0 saturated carbocycles. The lowest BCUT2D eigenvalue weighted by atomic mass is 10.1. The van der Waals surface area contributed by atoms with E-state index in [2.05, 4.69) is 45.4 Å². The van der Waals surface area contributed by atoms with Crippen molar-refractivity contribution in [2.24, 2.45) is 0 Å². The van der Waals surface area contributed by atoms with Crippen LogP contribution in [-0.2, 0) is 0 Å². The summed E-state index contributed by atoms with van der Waals surface area (Å²) in [5, 5.41) is 3.18. The van der Waals surface area contributed by atoms with E-state index in [0.29, 0.717) is 6.42 Å². The number of carbonyl (C=O) groups is 1. The van der Waals surface area contributed by atoms with Gasteiger partial charge in [-0.05, 0) is 43.7 Å². The van der Waals surface area contributed by atoms with Crippen LogP contribution < -0.4 is 10.2 Å². The zero-order valence-corrected chi connectivity index (χ0v) is 17.4. The molecule has 1 saturated heterocycles. The van der Waals surface area contributed by atoms with Gasteiger partial charge in [0.1, 0.15) is 0 Å². The van der Waals surface area contributed by atoms with Gasteiger partial charge in [0, 0.05) is 49.5 Å². The monoisotopic (exact) mass is 395 g/mol. The van der Waals surface area contributed by atoms with E-state index < -0.39 is 0 Å². The average molecular weight is 396 g/mol. The molecule has 28 heavy (non-hydrogen) atoms. The van der Waals surface area contributed by atoms with Crippen LogP contribution in [0.1, 0.15) is 36.5 Å². The minimum atomic E-state index is 0.203. The summed E-state index contributed by atoms with van der Waals surface area (Å²) in [6.45, 7) is 7.19. The molecular weight excluding hydrogens is 366 g/mol. The van der Waals surface area contributed by atoms with E-state index >= 15 is 0 Å². The zero-order chi connectivity index (χ0) is 19.8. The van der Waals surface area contributed by atoms with Crippen molar-refractivity contribution in [1.82, 2.24) is 4.90 Å². The number of ketones is 1. The third-order valence-corrected chi connectivity index (χ3v) is 5.55. The fraction of sp³-hybridized carbons (Fsp3) is 0.391. The molecule has 4 nitrogen and oxygen atoms in total. The fourth-order valence-corrected chi connectivity index (χ4v) is 3.61. The summed E-state index contributed by atoms with van der Waals surface area (Å²) in [5.74, 6) is 0.203. The first kappa shape index (κ1) is 20.5. The Morgan fingerprint density at radius 3 is 2.50 bits per heavy atom. The van der Waals surface area contributed by atoms with Crippen molar-refractivity contribution < 1.29 is 4.79 Å². The number of para-hydroxylation sites is 1. The van der Waals surface area contributed by atoms with E-state index in [1.165, 1.54) is 5.69 Å². The molecule has 1 heterocycles. The maximum atomic E-state index is 12.5. The first-order valence-corrected chi connectivity index (χ1v) is 10.5. The van der Waals surface area contributed by atoms with Gasteiger partial charge in [-0.25, -0.2) is 0 Å². The highest BCUT2D eigenvalue weighted by Crippen LogP contribution is 2.17. The Bertz CT molecular complexity index is 785. The van der Waals surface area contributed by atoms with Gasteiger partial charge in [0.15, 0.2) is 5.78 Å². The van der Waals surface area contributed by atoms with Gasteiger partial charge in [-0.3, -0.25) is 9.69 Å². The summed E-state index contributed by atoms with van der Waals surface area (Å²) in [4.78, 5) is 18.2. The zero-order valence-electron chi connectivity index (χ0n) is 16.6. The van der Waals surface area contributed by atoms with Crippen molar-refractivity contribution in [2.45, 2.75) is 26.2 Å². The molecule has 1 aliphatic heterocycles. The Kier molecular flexibility index (Phi) is 7.57. The van der Waals surface area contributed by atoms with Crippen molar-refractivity contribution in [2.75, 3.05) is 42.9 Å². The topological polar surface area (TPSA) is 35.6 Å². The van der Waals surface area contributed by atoms with Crippen LogP contribution >= 0.6 is 12.2 Å². The molecule has 1 aliphatic rings. The normalized spacial score (nSPS) is 14.7. The summed E-state index contributed by atoms with van der Waals surface area (Å²) in [5.41, 5.74) is 2.96. The van der Waals surface area contributed by atoms with Gasteiger partial charge >= 0.3 is 0 Å². The van der Waals surface area contributed by atoms with Crippen LogP contribution in [0.4, 0.5) is 11.4 Å². The number of carbonyl (C=O) groups excluding carboxylic acids is 1. The second-order valence-corrected chi connectivity index (χ2v) is 7.67. The molecule has 1 N–H and O–H groups in total. The lowest BCUT2D eigenvalue weighted by Gasteiger charge is -2.36. The lowest BCUT2D eigenvalue weighted by molar-refractivity contribution is 0.0974. The summed E-state index contributed by atoms with van der Waals surface area (Å²) in [6.07, 6.45) is 2.28. The number of hydrogen-bond acceptors (Lipinski definition) is 4. The number of hydrogen-bond donors (Lipinski definition) is 1. The van der Waals surface area contributed by atoms with Crippen molar-refractivity contribution in [3.8, 4) is 0 Å². The third kappa shape index (κ3) is 5.88. The third-order valence-electron chi connectivity index (χ3n) is 5.16. The summed E-state index contributed by atoms with van der Waals surface area (Å²) < 4.78 is 0. The molecule has 1 fully saturated rings. The molecule has 5 heteroatoms. The molecule has 0 radical (unpaired) electrons. The maximum Gasteiger partial charge on any atom is 0.162 e. The van der Waals surface area contributed by atoms with Gasteiger partial charge in [0.25, 0.3) is 0 Å². The van der Waals surface area contributed by atoms with E-state index in [0.717, 1.165) is 61.8 Å². The number of benzene rings is 2. The number of nitrogens with one attached hydrogen (secondary N) is 1. The summed E-state index contributed by atoms with van der Waals surface area (Å²) in [6, 6.07) is 18.2. The SMILES string of the molecule is CCC(=S)Nc1cccc(C(=O)CCCN2CCN(c3ccccc3)CC2)c1. The molecule has 0 unspecified atom stereocenters. The van der Waals surface area contributed by atoms with Crippen LogP contribution in [0.25, 0.3) is 0 Å². The highest BCUT2D eigenvalue weighted by molar-refractivity contribution is 7.80. The number of piperazine rings is 1. The molecule has 0 spiro atoms. The first-order valence-electron chi connectivity index (χ1n) is 10.1. The van der Waals surface area contributed by atoms with E-state index in [1.54, 1.807) is 0 Å². The Labute approximate surface area is 173 Å². The second-order valence-electron chi connectivity index (χ2n) is 7.17. The number of thiocarbonyl (C=S) groups is 1. The number of rotatable bonds is 8. The van der Waals surface area contributed by atoms with Crippen molar-refractivity contribution >= 4 is 34.4 Å². The minimum absolute atomic E-state index is 0.203. The predicted octanol–water partition coefficient (Wildman–Crippen LogP) is 4.62. The average Bonchev–Trinajstić information content (AvgIpc) is 2.75. The summed E-state index contributed by atoms with van der Waals surface area (Å²) in [7, 11) is 0. The molecule has 0 bridgehead atoms. The van der Waals surface area contributed by atoms with Gasteiger partial charge in [0.05, 0.1) is 4.99 Å². The number of Topliss-reactive ketones (excluding diaryl/α,β-unsaturated/α-hetero) is 1. The van der Waals surface area contributed by atoms with E-state index in [9.17, 15) is 4.79 Å². The number of nitrogens with zero attached hydrogens (tertiary/aromatic N) is 2. The molecule has 0 amide bonds. The summed E-state index contributed by atoms with van der Waals surface area (Å²) >= 11 is 5.22. The molecule has 2 aromatic rings. The minimum Gasteiger partial charge on any atom is -0.369 e. The Morgan fingerprint density at radius 2 is 1.79 bits per heavy atom. The second kappa shape index (κ2) is 10.3. The van der Waals surface area contributed by atoms with Crippen molar-refractivity contribution in [3.05, 3.63) is 60.2 Å². The fourth-order valence-electron chi connectivity index (χ4n) is 3.50. The van der Waals surface area contributed by atoms with Crippen LogP contribution in [0.2, 0.25) is 0 Å². The molecular formula is C23H29N3OS. The first-order chi connectivity index (χ1) is 13.7. The quantitative estimate of drug-likeness (QED) is 0.521. The Morgan fingerprint density at radius 1 is 1.04 bits per heavy atom. The van der Waals surface area contributed by atoms with Gasteiger partial charge in [-0.2, -0.15) is 0 Å². The van der Waals surface area contributed by atoms with E-state index in [-0.39, 0.29) is 5.78 Å². The van der Waals surface area contributed by atoms with Gasteiger partial charge in [-0.1, -0.05) is 49.5 Å². The standard InChI is InChI=1S/C23H29N3OS/c1-2-23(28)24-20-9-6-8-19(18-20)22(27)12-7-13-25-14-16-26(17-15-25)21-10-4-3-5-11-21/h3-6,8-11,18H,2,7,12-17H2,1H3,(H,24,28). The molecule has 0 aliphatic carbocycles.